The normalized spacial score (nSPS) is 27.0. The molecule has 1 aromatic heterocycles. The SMILES string of the molecule is O=C(C1CC(F)(F)C1)N1CC[C@]2(C[C@@H](OCc3ccncc3)CO2)C1.O=C(O)C(F)(F)F. The van der Waals surface area contributed by atoms with Crippen LogP contribution in [0.4, 0.5) is 22.0 Å². The van der Waals surface area contributed by atoms with E-state index in [-0.39, 0.29) is 30.5 Å². The molecule has 1 amide bonds. The molecule has 1 saturated carbocycles. The van der Waals surface area contributed by atoms with Gasteiger partial charge in [-0.15, -0.1) is 0 Å². The van der Waals surface area contributed by atoms with E-state index < -0.39 is 24.0 Å². The largest absolute Gasteiger partial charge is 0.490 e. The van der Waals surface area contributed by atoms with Gasteiger partial charge in [0.25, 0.3) is 0 Å². The van der Waals surface area contributed by atoms with E-state index in [0.29, 0.717) is 26.3 Å². The van der Waals surface area contributed by atoms with E-state index >= 15 is 0 Å². The Hall–Kier alpha value is -2.34. The average molecular weight is 466 g/mol. The number of carbonyl (C=O) groups is 2. The van der Waals surface area contributed by atoms with Gasteiger partial charge < -0.3 is 19.5 Å². The molecule has 0 aromatic carbocycles. The van der Waals surface area contributed by atoms with Gasteiger partial charge in [-0.2, -0.15) is 13.2 Å². The quantitative estimate of drug-likeness (QED) is 0.687. The molecule has 4 rings (SSSR count). The third-order valence-corrected chi connectivity index (χ3v) is 5.72. The van der Waals surface area contributed by atoms with Crippen molar-refractivity contribution in [3.8, 4) is 0 Å². The van der Waals surface area contributed by atoms with Crippen molar-refractivity contribution >= 4 is 11.9 Å². The van der Waals surface area contributed by atoms with E-state index in [0.717, 1.165) is 18.4 Å². The molecule has 12 heteroatoms. The highest BCUT2D eigenvalue weighted by Gasteiger charge is 2.53. The lowest BCUT2D eigenvalue weighted by Crippen LogP contribution is -2.47. The minimum Gasteiger partial charge on any atom is -0.475 e. The fourth-order valence-electron chi connectivity index (χ4n) is 4.01. The minimum absolute atomic E-state index is 0.00347. The number of alkyl halides is 5. The van der Waals surface area contributed by atoms with Crippen LogP contribution in [0.3, 0.4) is 0 Å². The maximum atomic E-state index is 13.0. The van der Waals surface area contributed by atoms with Gasteiger partial charge in [0.1, 0.15) is 0 Å². The number of aliphatic carboxylic acids is 1. The van der Waals surface area contributed by atoms with E-state index in [1.54, 1.807) is 17.3 Å². The number of ether oxygens (including phenoxy) is 2. The van der Waals surface area contributed by atoms with Crippen LogP contribution in [0, 0.1) is 5.92 Å². The van der Waals surface area contributed by atoms with E-state index in [9.17, 15) is 26.7 Å². The van der Waals surface area contributed by atoms with Crippen LogP contribution < -0.4 is 0 Å². The number of carbonyl (C=O) groups excluding carboxylic acids is 1. The summed E-state index contributed by atoms with van der Waals surface area (Å²) in [6.45, 7) is 2.09. The number of hydrogen-bond acceptors (Lipinski definition) is 5. The highest BCUT2D eigenvalue weighted by Crippen LogP contribution is 2.45. The Morgan fingerprint density at radius 3 is 2.41 bits per heavy atom. The second-order valence-corrected chi connectivity index (χ2v) is 8.26. The van der Waals surface area contributed by atoms with Crippen molar-refractivity contribution in [2.75, 3.05) is 19.7 Å². The number of carboxylic acids is 1. The molecule has 1 N–H and O–H groups in total. The predicted molar refractivity (Wildman–Crippen MR) is 98.7 cm³/mol. The van der Waals surface area contributed by atoms with Crippen LogP contribution in [0.1, 0.15) is 31.2 Å². The molecule has 2 atom stereocenters. The summed E-state index contributed by atoms with van der Waals surface area (Å²) in [6.07, 6.45) is -0.760. The Kier molecular flexibility index (Phi) is 7.03. The zero-order valence-corrected chi connectivity index (χ0v) is 17.0. The zero-order chi connectivity index (χ0) is 23.6. The second-order valence-electron chi connectivity index (χ2n) is 8.26. The molecule has 0 radical (unpaired) electrons. The number of pyridine rings is 1. The van der Waals surface area contributed by atoms with Crippen molar-refractivity contribution in [2.45, 2.75) is 56.1 Å². The first-order valence-corrected chi connectivity index (χ1v) is 10.0. The predicted octanol–water partition coefficient (Wildman–Crippen LogP) is 3.04. The molecule has 1 aliphatic carbocycles. The molecule has 3 fully saturated rings. The Morgan fingerprint density at radius 2 is 1.84 bits per heavy atom. The monoisotopic (exact) mass is 466 g/mol. The molecular formula is C20H23F5N2O5. The molecule has 2 saturated heterocycles. The molecule has 32 heavy (non-hydrogen) atoms. The Labute approximate surface area is 180 Å². The number of aromatic nitrogens is 1. The smallest absolute Gasteiger partial charge is 0.475 e. The van der Waals surface area contributed by atoms with Crippen molar-refractivity contribution in [3.63, 3.8) is 0 Å². The fraction of sp³-hybridized carbons (Fsp3) is 0.650. The molecule has 1 aromatic rings. The lowest BCUT2D eigenvalue weighted by molar-refractivity contribution is -0.192. The first kappa shape index (κ1) is 24.3. The Balaban J connectivity index is 0.000000360. The van der Waals surface area contributed by atoms with Crippen LogP contribution in [0.15, 0.2) is 24.5 Å². The molecule has 2 aliphatic heterocycles. The van der Waals surface area contributed by atoms with Crippen molar-refractivity contribution in [1.29, 1.82) is 0 Å². The third-order valence-electron chi connectivity index (χ3n) is 5.72. The zero-order valence-electron chi connectivity index (χ0n) is 17.0. The number of halogens is 5. The summed E-state index contributed by atoms with van der Waals surface area (Å²) in [5, 5.41) is 7.12. The van der Waals surface area contributed by atoms with Gasteiger partial charge in [-0.3, -0.25) is 9.78 Å². The van der Waals surface area contributed by atoms with Crippen LogP contribution in [0.5, 0.6) is 0 Å². The minimum atomic E-state index is -5.08. The number of carboxylic acid groups (broad SMARTS) is 1. The van der Waals surface area contributed by atoms with E-state index in [4.69, 9.17) is 19.4 Å². The van der Waals surface area contributed by atoms with Crippen molar-refractivity contribution < 1.29 is 46.1 Å². The summed E-state index contributed by atoms with van der Waals surface area (Å²) in [5.74, 6) is -6.08. The lowest BCUT2D eigenvalue weighted by atomic mass is 9.80. The molecule has 7 nitrogen and oxygen atoms in total. The molecular weight excluding hydrogens is 443 g/mol. The molecule has 178 valence electrons. The number of hydrogen-bond donors (Lipinski definition) is 1. The maximum absolute atomic E-state index is 13.0. The van der Waals surface area contributed by atoms with Gasteiger partial charge in [0, 0.05) is 50.7 Å². The van der Waals surface area contributed by atoms with E-state index in [1.165, 1.54) is 0 Å². The highest BCUT2D eigenvalue weighted by atomic mass is 19.4. The Bertz CT molecular complexity index is 814. The van der Waals surface area contributed by atoms with Gasteiger partial charge in [0.05, 0.1) is 24.9 Å². The fourth-order valence-corrected chi connectivity index (χ4v) is 4.01. The number of likely N-dealkylation sites (tertiary alicyclic amines) is 1. The summed E-state index contributed by atoms with van der Waals surface area (Å²) < 4.78 is 69.6. The van der Waals surface area contributed by atoms with Crippen molar-refractivity contribution in [2.24, 2.45) is 5.92 Å². The van der Waals surface area contributed by atoms with E-state index in [1.807, 2.05) is 12.1 Å². The maximum Gasteiger partial charge on any atom is 0.490 e. The second kappa shape index (κ2) is 9.26. The summed E-state index contributed by atoms with van der Waals surface area (Å²) >= 11 is 0. The molecule has 0 unspecified atom stereocenters. The molecule has 1 spiro atoms. The van der Waals surface area contributed by atoms with Crippen LogP contribution in [-0.2, 0) is 25.7 Å². The van der Waals surface area contributed by atoms with Gasteiger partial charge in [-0.25, -0.2) is 13.6 Å². The van der Waals surface area contributed by atoms with Crippen molar-refractivity contribution in [1.82, 2.24) is 9.88 Å². The van der Waals surface area contributed by atoms with Crippen molar-refractivity contribution in [3.05, 3.63) is 30.1 Å². The van der Waals surface area contributed by atoms with Crippen LogP contribution in [0.2, 0.25) is 0 Å². The Morgan fingerprint density at radius 1 is 1.22 bits per heavy atom. The van der Waals surface area contributed by atoms with E-state index in [2.05, 4.69) is 4.98 Å². The molecule has 3 heterocycles. The number of nitrogens with zero attached hydrogens (tertiary/aromatic N) is 2. The standard InChI is InChI=1S/C18H22F2N2O3.C2HF3O2/c19-18(20)7-14(8-18)16(23)22-6-3-17(12-22)9-15(11-25-17)24-10-13-1-4-21-5-2-13;3-2(4,5)1(6)7/h1-2,4-5,14-15H,3,6-12H2;(H,6,7)/t15-,17+;/m1./s1. The van der Waals surface area contributed by atoms with Crippen LogP contribution in [-0.4, -0.2) is 70.4 Å². The topological polar surface area (TPSA) is 89.0 Å². The van der Waals surface area contributed by atoms with Gasteiger partial charge >= 0.3 is 12.1 Å². The average Bonchev–Trinajstić information content (AvgIpc) is 3.31. The van der Waals surface area contributed by atoms with Crippen LogP contribution in [0.25, 0.3) is 0 Å². The molecule has 0 bridgehead atoms. The van der Waals surface area contributed by atoms with Gasteiger partial charge in [0.2, 0.25) is 11.8 Å². The third kappa shape index (κ3) is 6.12. The number of rotatable bonds is 4. The lowest BCUT2D eigenvalue weighted by Gasteiger charge is -2.36. The van der Waals surface area contributed by atoms with Gasteiger partial charge in [-0.1, -0.05) is 0 Å². The van der Waals surface area contributed by atoms with Crippen LogP contribution >= 0.6 is 0 Å². The summed E-state index contributed by atoms with van der Waals surface area (Å²) in [5.41, 5.74) is 0.690. The van der Waals surface area contributed by atoms with Gasteiger partial charge in [0.15, 0.2) is 0 Å². The number of amides is 1. The highest BCUT2D eigenvalue weighted by molar-refractivity contribution is 5.80. The summed E-state index contributed by atoms with van der Waals surface area (Å²) in [4.78, 5) is 26.9. The first-order chi connectivity index (χ1) is 14.9. The first-order valence-electron chi connectivity index (χ1n) is 10.0. The summed E-state index contributed by atoms with van der Waals surface area (Å²) in [6, 6.07) is 3.83. The summed E-state index contributed by atoms with van der Waals surface area (Å²) in [7, 11) is 0. The van der Waals surface area contributed by atoms with Gasteiger partial charge in [-0.05, 0) is 24.1 Å². The molecule has 3 aliphatic rings.